The second kappa shape index (κ2) is 3.94. The zero-order valence-electron chi connectivity index (χ0n) is 8.46. The number of hydrogen-bond donors (Lipinski definition) is 1. The Hall–Kier alpha value is -1.29. The number of halogens is 3. The van der Waals surface area contributed by atoms with Crippen LogP contribution in [0.2, 0.25) is 0 Å². The van der Waals surface area contributed by atoms with Crippen molar-refractivity contribution in [2.24, 2.45) is 0 Å². The number of aliphatic hydroxyl groups is 1. The number of benzene rings is 1. The molecule has 0 amide bonds. The molecule has 86 valence electrons. The van der Waals surface area contributed by atoms with Crippen LogP contribution in [0.1, 0.15) is 24.0 Å². The number of hydrogen-bond acceptors (Lipinski definition) is 1. The van der Waals surface area contributed by atoms with Crippen molar-refractivity contribution in [3.8, 4) is 0 Å². The highest BCUT2D eigenvalue weighted by molar-refractivity contribution is 5.70. The fourth-order valence-electron chi connectivity index (χ4n) is 1.85. The van der Waals surface area contributed by atoms with E-state index in [1.54, 1.807) is 0 Å². The van der Waals surface area contributed by atoms with Crippen molar-refractivity contribution in [3.63, 3.8) is 0 Å². The molecule has 0 saturated carbocycles. The molecule has 1 aromatic rings. The quantitative estimate of drug-likeness (QED) is 0.782. The second-order valence-corrected chi connectivity index (χ2v) is 3.83. The zero-order valence-corrected chi connectivity index (χ0v) is 8.46. The van der Waals surface area contributed by atoms with Crippen LogP contribution in [0, 0.1) is 0 Å². The normalized spacial score (nSPS) is 21.0. The van der Waals surface area contributed by atoms with E-state index in [1.165, 1.54) is 12.1 Å². The fraction of sp³-hybridized carbons (Fsp3) is 0.333. The van der Waals surface area contributed by atoms with E-state index >= 15 is 0 Å². The average Bonchev–Trinajstić information content (AvgIpc) is 2.63. The summed E-state index contributed by atoms with van der Waals surface area (Å²) in [6.45, 7) is 0. The van der Waals surface area contributed by atoms with Crippen LogP contribution in [0.3, 0.4) is 0 Å². The van der Waals surface area contributed by atoms with Crippen LogP contribution in [0.15, 0.2) is 30.3 Å². The summed E-state index contributed by atoms with van der Waals surface area (Å²) in [7, 11) is 0. The first-order valence-corrected chi connectivity index (χ1v) is 5.04. The molecule has 0 heterocycles. The van der Waals surface area contributed by atoms with Crippen LogP contribution in [0.25, 0.3) is 5.57 Å². The lowest BCUT2D eigenvalue weighted by atomic mass is 10.0. The van der Waals surface area contributed by atoms with Gasteiger partial charge in [0.2, 0.25) is 0 Å². The van der Waals surface area contributed by atoms with E-state index in [4.69, 9.17) is 0 Å². The molecule has 1 atom stereocenters. The molecule has 1 aliphatic carbocycles. The summed E-state index contributed by atoms with van der Waals surface area (Å²) >= 11 is 0. The van der Waals surface area contributed by atoms with Crippen LogP contribution < -0.4 is 0 Å². The Balaban J connectivity index is 2.26. The van der Waals surface area contributed by atoms with Gasteiger partial charge in [0, 0.05) is 0 Å². The zero-order chi connectivity index (χ0) is 11.8. The van der Waals surface area contributed by atoms with Gasteiger partial charge in [-0.2, -0.15) is 13.2 Å². The molecule has 1 N–H and O–H groups in total. The highest BCUT2D eigenvalue weighted by atomic mass is 19.4. The molecule has 2 rings (SSSR count). The number of allylic oxidation sites excluding steroid dienone is 1. The lowest BCUT2D eigenvalue weighted by molar-refractivity contribution is -0.137. The molecule has 0 saturated heterocycles. The monoisotopic (exact) mass is 228 g/mol. The Morgan fingerprint density at radius 1 is 1.12 bits per heavy atom. The van der Waals surface area contributed by atoms with Gasteiger partial charge in [-0.25, -0.2) is 0 Å². The molecule has 0 radical (unpaired) electrons. The number of aliphatic hydroxyl groups excluding tert-OH is 1. The van der Waals surface area contributed by atoms with Crippen LogP contribution in [0.4, 0.5) is 13.2 Å². The van der Waals surface area contributed by atoms with E-state index in [0.29, 0.717) is 12.0 Å². The molecule has 1 unspecified atom stereocenters. The van der Waals surface area contributed by atoms with Gasteiger partial charge < -0.3 is 5.11 Å². The maximum Gasteiger partial charge on any atom is 0.416 e. The Morgan fingerprint density at radius 2 is 1.75 bits per heavy atom. The second-order valence-electron chi connectivity index (χ2n) is 3.83. The SMILES string of the molecule is OC1CCC=C1c1ccc(C(F)(F)F)cc1. The minimum Gasteiger partial charge on any atom is -0.388 e. The average molecular weight is 228 g/mol. The Kier molecular flexibility index (Phi) is 2.76. The number of alkyl halides is 3. The van der Waals surface area contributed by atoms with E-state index in [9.17, 15) is 18.3 Å². The van der Waals surface area contributed by atoms with Crippen LogP contribution in [-0.2, 0) is 6.18 Å². The molecule has 0 bridgehead atoms. The molecule has 1 nitrogen and oxygen atoms in total. The summed E-state index contributed by atoms with van der Waals surface area (Å²) in [5.41, 5.74) is 0.732. The van der Waals surface area contributed by atoms with Crippen molar-refractivity contribution >= 4 is 5.57 Å². The maximum absolute atomic E-state index is 12.3. The minimum atomic E-state index is -4.30. The highest BCUT2D eigenvalue weighted by Gasteiger charge is 2.30. The third-order valence-electron chi connectivity index (χ3n) is 2.71. The van der Waals surface area contributed by atoms with E-state index in [-0.39, 0.29) is 0 Å². The lowest BCUT2D eigenvalue weighted by Gasteiger charge is -2.10. The van der Waals surface area contributed by atoms with Gasteiger partial charge in [-0.05, 0) is 36.1 Å². The summed E-state index contributed by atoms with van der Waals surface area (Å²) in [6.07, 6.45) is -1.56. The van der Waals surface area contributed by atoms with Gasteiger partial charge in [0.25, 0.3) is 0 Å². The fourth-order valence-corrected chi connectivity index (χ4v) is 1.85. The van der Waals surface area contributed by atoms with Gasteiger partial charge in [0.05, 0.1) is 11.7 Å². The molecule has 1 aliphatic rings. The van der Waals surface area contributed by atoms with Crippen LogP contribution in [0.5, 0.6) is 0 Å². The van der Waals surface area contributed by atoms with E-state index in [1.807, 2.05) is 6.08 Å². The summed E-state index contributed by atoms with van der Waals surface area (Å²) in [6, 6.07) is 4.90. The van der Waals surface area contributed by atoms with Gasteiger partial charge in [-0.1, -0.05) is 18.2 Å². The van der Waals surface area contributed by atoms with E-state index < -0.39 is 17.8 Å². The molecular formula is C12H11F3O. The first-order chi connectivity index (χ1) is 7.48. The van der Waals surface area contributed by atoms with Gasteiger partial charge in [-0.15, -0.1) is 0 Å². The topological polar surface area (TPSA) is 20.2 Å². The van der Waals surface area contributed by atoms with Crippen molar-refractivity contribution in [1.82, 2.24) is 0 Å². The van der Waals surface area contributed by atoms with Gasteiger partial charge in [0.15, 0.2) is 0 Å². The molecule has 1 aromatic carbocycles. The lowest BCUT2D eigenvalue weighted by Crippen LogP contribution is -2.06. The minimum absolute atomic E-state index is 0.545. The molecular weight excluding hydrogens is 217 g/mol. The molecule has 0 aromatic heterocycles. The largest absolute Gasteiger partial charge is 0.416 e. The Bertz CT molecular complexity index is 403. The highest BCUT2D eigenvalue weighted by Crippen LogP contribution is 2.32. The third kappa shape index (κ3) is 2.11. The predicted octanol–water partition coefficient (Wildman–Crippen LogP) is 3.24. The smallest absolute Gasteiger partial charge is 0.388 e. The third-order valence-corrected chi connectivity index (χ3v) is 2.71. The number of rotatable bonds is 1. The van der Waals surface area contributed by atoms with E-state index in [2.05, 4.69) is 0 Å². The van der Waals surface area contributed by atoms with Crippen molar-refractivity contribution in [2.75, 3.05) is 0 Å². The summed E-state index contributed by atoms with van der Waals surface area (Å²) in [5, 5.41) is 9.58. The Labute approximate surface area is 91.2 Å². The van der Waals surface area contributed by atoms with Crippen molar-refractivity contribution in [1.29, 1.82) is 0 Å². The van der Waals surface area contributed by atoms with Gasteiger partial charge in [-0.3, -0.25) is 0 Å². The molecule has 16 heavy (non-hydrogen) atoms. The van der Waals surface area contributed by atoms with Crippen LogP contribution >= 0.6 is 0 Å². The van der Waals surface area contributed by atoms with Crippen molar-refractivity contribution in [3.05, 3.63) is 41.5 Å². The summed E-state index contributed by atoms with van der Waals surface area (Å²) < 4.78 is 36.9. The Morgan fingerprint density at radius 3 is 2.19 bits per heavy atom. The molecule has 4 heteroatoms. The molecule has 0 aliphatic heterocycles. The first kappa shape index (κ1) is 11.2. The predicted molar refractivity (Wildman–Crippen MR) is 54.7 cm³/mol. The van der Waals surface area contributed by atoms with Gasteiger partial charge in [0.1, 0.15) is 0 Å². The summed E-state index contributed by atoms with van der Waals surface area (Å²) in [5.74, 6) is 0. The molecule has 0 spiro atoms. The van der Waals surface area contributed by atoms with Gasteiger partial charge >= 0.3 is 6.18 Å². The van der Waals surface area contributed by atoms with E-state index in [0.717, 1.165) is 24.1 Å². The maximum atomic E-state index is 12.3. The molecule has 0 fully saturated rings. The summed E-state index contributed by atoms with van der Waals surface area (Å²) in [4.78, 5) is 0. The first-order valence-electron chi connectivity index (χ1n) is 5.04. The van der Waals surface area contributed by atoms with Crippen molar-refractivity contribution < 1.29 is 18.3 Å². The standard InChI is InChI=1S/C12H11F3O/c13-12(14,15)9-6-4-8(5-7-9)10-2-1-3-11(10)16/h2,4-7,11,16H,1,3H2. The van der Waals surface area contributed by atoms with Crippen molar-refractivity contribution in [2.45, 2.75) is 25.1 Å². The van der Waals surface area contributed by atoms with Crippen LogP contribution in [-0.4, -0.2) is 11.2 Å².